The molecular weight excluding hydrogens is 333 g/mol. The summed E-state index contributed by atoms with van der Waals surface area (Å²) in [4.78, 5) is -0.0720. The van der Waals surface area contributed by atoms with Gasteiger partial charge >= 0.3 is 0 Å². The molecule has 1 N–H and O–H groups in total. The lowest BCUT2D eigenvalue weighted by Gasteiger charge is -2.10. The lowest BCUT2D eigenvalue weighted by atomic mass is 10.4. The van der Waals surface area contributed by atoms with E-state index < -0.39 is 10.0 Å². The van der Waals surface area contributed by atoms with Crippen LogP contribution in [0.15, 0.2) is 53.7 Å². The van der Waals surface area contributed by atoms with Crippen molar-refractivity contribution in [3.05, 3.63) is 58.8 Å². The van der Waals surface area contributed by atoms with Gasteiger partial charge in [-0.25, -0.2) is 12.9 Å². The molecule has 0 fully saturated rings. The highest BCUT2D eigenvalue weighted by molar-refractivity contribution is 7.92. The van der Waals surface area contributed by atoms with Gasteiger partial charge < -0.3 is 0 Å². The van der Waals surface area contributed by atoms with Crippen molar-refractivity contribution in [2.75, 3.05) is 4.72 Å². The first-order valence-electron chi connectivity index (χ1n) is 5.87. The Morgan fingerprint density at radius 1 is 1.10 bits per heavy atom. The van der Waals surface area contributed by atoms with Gasteiger partial charge in [0.1, 0.15) is 4.90 Å². The van der Waals surface area contributed by atoms with Crippen LogP contribution in [0.4, 0.5) is 5.69 Å². The zero-order chi connectivity index (χ0) is 15.0. The van der Waals surface area contributed by atoms with Crippen molar-refractivity contribution < 1.29 is 8.42 Å². The van der Waals surface area contributed by atoms with E-state index in [2.05, 4.69) is 9.82 Å². The summed E-state index contributed by atoms with van der Waals surface area (Å²) in [5, 5.41) is 4.22. The molecule has 2 heterocycles. The smallest absolute Gasteiger partial charge is 0.263 e. The Bertz CT molecular complexity index is 922. The molecule has 2 aromatic heterocycles. The molecule has 21 heavy (non-hydrogen) atoms. The molecule has 5 nitrogen and oxygen atoms in total. The Balaban J connectivity index is 2.00. The molecule has 1 aromatic carbocycles. The third kappa shape index (κ3) is 2.70. The van der Waals surface area contributed by atoms with Crippen LogP contribution >= 0.6 is 23.2 Å². The molecule has 0 unspecified atom stereocenters. The van der Waals surface area contributed by atoms with E-state index in [1.54, 1.807) is 29.0 Å². The van der Waals surface area contributed by atoms with Crippen LogP contribution in [0.2, 0.25) is 10.0 Å². The minimum atomic E-state index is -3.83. The fraction of sp³-hybridized carbons (Fsp3) is 0. The van der Waals surface area contributed by atoms with Crippen LogP contribution in [-0.2, 0) is 10.0 Å². The molecule has 0 aliphatic carbocycles. The van der Waals surface area contributed by atoms with Crippen LogP contribution in [-0.4, -0.2) is 18.0 Å². The summed E-state index contributed by atoms with van der Waals surface area (Å²) in [7, 11) is -3.83. The van der Waals surface area contributed by atoms with Gasteiger partial charge in [-0.05, 0) is 30.3 Å². The van der Waals surface area contributed by atoms with E-state index in [0.717, 1.165) is 5.52 Å². The van der Waals surface area contributed by atoms with Crippen molar-refractivity contribution in [3.8, 4) is 0 Å². The molecule has 108 valence electrons. The summed E-state index contributed by atoms with van der Waals surface area (Å²) < 4.78 is 28.7. The van der Waals surface area contributed by atoms with Gasteiger partial charge in [-0.1, -0.05) is 29.3 Å². The normalized spacial score (nSPS) is 11.7. The van der Waals surface area contributed by atoms with Gasteiger partial charge in [0.25, 0.3) is 10.0 Å². The first-order valence-corrected chi connectivity index (χ1v) is 8.11. The lowest BCUT2D eigenvalue weighted by Crippen LogP contribution is -2.14. The van der Waals surface area contributed by atoms with E-state index in [1.165, 1.54) is 18.2 Å². The summed E-state index contributed by atoms with van der Waals surface area (Å²) in [5.74, 6) is 0. The molecule has 3 aromatic rings. The number of sulfonamides is 1. The van der Waals surface area contributed by atoms with Crippen molar-refractivity contribution in [1.82, 2.24) is 9.61 Å². The molecule has 0 radical (unpaired) electrons. The van der Waals surface area contributed by atoms with Crippen LogP contribution < -0.4 is 4.72 Å². The van der Waals surface area contributed by atoms with Crippen LogP contribution in [0.25, 0.3) is 5.52 Å². The topological polar surface area (TPSA) is 63.5 Å². The Morgan fingerprint density at radius 3 is 2.71 bits per heavy atom. The first kappa shape index (κ1) is 14.2. The second-order valence-corrected chi connectivity index (χ2v) is 6.71. The van der Waals surface area contributed by atoms with E-state index in [4.69, 9.17) is 23.2 Å². The zero-order valence-electron chi connectivity index (χ0n) is 10.5. The Morgan fingerprint density at radius 2 is 1.90 bits per heavy atom. The number of hydrogen-bond acceptors (Lipinski definition) is 3. The average molecular weight is 342 g/mol. The van der Waals surface area contributed by atoms with E-state index in [9.17, 15) is 8.42 Å². The first-order chi connectivity index (χ1) is 9.97. The number of rotatable bonds is 3. The Labute approximate surface area is 131 Å². The van der Waals surface area contributed by atoms with E-state index >= 15 is 0 Å². The van der Waals surface area contributed by atoms with E-state index in [1.807, 2.05) is 6.07 Å². The summed E-state index contributed by atoms with van der Waals surface area (Å²) in [6, 6.07) is 9.66. The highest BCUT2D eigenvalue weighted by atomic mass is 35.5. The SMILES string of the molecule is O=S(=O)(Nc1ccc2ccnn2c1)c1cccc(Cl)c1Cl. The quantitative estimate of drug-likeness (QED) is 0.793. The van der Waals surface area contributed by atoms with E-state index in [-0.39, 0.29) is 14.9 Å². The van der Waals surface area contributed by atoms with Crippen molar-refractivity contribution in [2.45, 2.75) is 4.90 Å². The predicted molar refractivity (Wildman–Crippen MR) is 82.5 cm³/mol. The highest BCUT2D eigenvalue weighted by Crippen LogP contribution is 2.30. The van der Waals surface area contributed by atoms with E-state index in [0.29, 0.717) is 5.69 Å². The third-order valence-corrected chi connectivity index (χ3v) is 5.21. The molecule has 0 atom stereocenters. The van der Waals surface area contributed by atoms with Gasteiger partial charge in [0.2, 0.25) is 0 Å². The monoisotopic (exact) mass is 341 g/mol. The largest absolute Gasteiger partial charge is 0.278 e. The fourth-order valence-corrected chi connectivity index (χ4v) is 3.68. The maximum atomic E-state index is 12.4. The summed E-state index contributed by atoms with van der Waals surface area (Å²) in [5.41, 5.74) is 1.24. The van der Waals surface area contributed by atoms with Crippen LogP contribution in [0, 0.1) is 0 Å². The number of nitrogens with one attached hydrogen (secondary N) is 1. The Hall–Kier alpha value is -1.76. The highest BCUT2D eigenvalue weighted by Gasteiger charge is 2.19. The predicted octanol–water partition coefficient (Wildman–Crippen LogP) is 3.44. The molecule has 0 bridgehead atoms. The van der Waals surface area contributed by atoms with Gasteiger partial charge in [0, 0.05) is 6.20 Å². The van der Waals surface area contributed by atoms with Crippen LogP contribution in [0.5, 0.6) is 0 Å². The van der Waals surface area contributed by atoms with Crippen molar-refractivity contribution in [3.63, 3.8) is 0 Å². The van der Waals surface area contributed by atoms with Crippen molar-refractivity contribution in [2.24, 2.45) is 0 Å². The maximum absolute atomic E-state index is 12.4. The van der Waals surface area contributed by atoms with Gasteiger partial charge in [0.05, 0.1) is 27.4 Å². The second kappa shape index (κ2) is 5.22. The molecule has 8 heteroatoms. The third-order valence-electron chi connectivity index (χ3n) is 2.85. The molecule has 0 saturated carbocycles. The summed E-state index contributed by atoms with van der Waals surface area (Å²) in [6.45, 7) is 0. The van der Waals surface area contributed by atoms with Gasteiger partial charge in [0.15, 0.2) is 0 Å². The minimum Gasteiger partial charge on any atom is -0.278 e. The van der Waals surface area contributed by atoms with Crippen molar-refractivity contribution in [1.29, 1.82) is 0 Å². The minimum absolute atomic E-state index is 0.00756. The molecule has 0 aliphatic rings. The average Bonchev–Trinajstić information content (AvgIpc) is 2.88. The standard InChI is InChI=1S/C13H9Cl2N3O2S/c14-11-2-1-3-12(13(11)15)21(19,20)17-9-4-5-10-6-7-16-18(10)8-9/h1-8,17H. The molecule has 0 saturated heterocycles. The Kier molecular flexibility index (Phi) is 3.52. The number of pyridine rings is 1. The number of benzene rings is 1. The van der Waals surface area contributed by atoms with Gasteiger partial charge in [-0.3, -0.25) is 4.72 Å². The number of anilines is 1. The molecule has 0 aliphatic heterocycles. The second-order valence-electron chi connectivity index (χ2n) is 4.28. The number of aromatic nitrogens is 2. The van der Waals surface area contributed by atoms with Gasteiger partial charge in [-0.15, -0.1) is 0 Å². The molecule has 0 amide bonds. The van der Waals surface area contributed by atoms with Crippen LogP contribution in [0.3, 0.4) is 0 Å². The molecule has 0 spiro atoms. The molecule has 3 rings (SSSR count). The lowest BCUT2D eigenvalue weighted by molar-refractivity contribution is 0.601. The number of fused-ring (bicyclic) bond motifs is 1. The number of nitrogens with zero attached hydrogens (tertiary/aromatic N) is 2. The summed E-state index contributed by atoms with van der Waals surface area (Å²) >= 11 is 11.8. The zero-order valence-corrected chi connectivity index (χ0v) is 12.8. The molecular formula is C13H9Cl2N3O2S. The fourth-order valence-electron chi connectivity index (χ4n) is 1.88. The van der Waals surface area contributed by atoms with Gasteiger partial charge in [-0.2, -0.15) is 5.10 Å². The maximum Gasteiger partial charge on any atom is 0.263 e. The van der Waals surface area contributed by atoms with Crippen molar-refractivity contribution >= 4 is 44.4 Å². The summed E-state index contributed by atoms with van der Waals surface area (Å²) in [6.07, 6.45) is 3.20. The number of halogens is 2. The number of hydrogen-bond donors (Lipinski definition) is 1. The van der Waals surface area contributed by atoms with Crippen LogP contribution in [0.1, 0.15) is 0 Å².